The van der Waals surface area contributed by atoms with Crippen LogP contribution < -0.4 is 16.0 Å². The van der Waals surface area contributed by atoms with Crippen molar-refractivity contribution in [3.63, 3.8) is 0 Å². The number of alkyl carbamates (subject to hydrolysis) is 1. The summed E-state index contributed by atoms with van der Waals surface area (Å²) in [6.45, 7) is 9.40. The number of ether oxygens (including phenoxy) is 2. The fourth-order valence-corrected chi connectivity index (χ4v) is 5.15. The molecule has 1 heterocycles. The Balaban J connectivity index is 1.60. The Labute approximate surface area is 244 Å². The van der Waals surface area contributed by atoms with Crippen molar-refractivity contribution in [2.75, 3.05) is 19.7 Å². The Bertz CT molecular complexity index is 1020. The van der Waals surface area contributed by atoms with Crippen LogP contribution in [0.3, 0.4) is 0 Å². The topological polar surface area (TPSA) is 126 Å². The molecule has 41 heavy (non-hydrogen) atoms. The van der Waals surface area contributed by atoms with Gasteiger partial charge in [-0.05, 0) is 65.9 Å². The summed E-state index contributed by atoms with van der Waals surface area (Å²) in [5.74, 6) is -0.854. The first-order valence-corrected chi connectivity index (χ1v) is 14.9. The van der Waals surface area contributed by atoms with Crippen LogP contribution in [0.4, 0.5) is 4.79 Å². The average molecular weight is 573 g/mol. The maximum absolute atomic E-state index is 13.6. The third kappa shape index (κ3) is 10.6. The fourth-order valence-electron chi connectivity index (χ4n) is 5.15. The Morgan fingerprint density at radius 2 is 1.56 bits per heavy atom. The van der Waals surface area contributed by atoms with E-state index < -0.39 is 29.2 Å². The molecule has 1 aliphatic carbocycles. The van der Waals surface area contributed by atoms with Gasteiger partial charge in [-0.1, -0.05) is 49.6 Å². The van der Waals surface area contributed by atoms with Crippen molar-refractivity contribution in [1.82, 2.24) is 20.9 Å². The molecule has 1 saturated carbocycles. The van der Waals surface area contributed by atoms with Crippen molar-refractivity contribution in [3.05, 3.63) is 35.9 Å². The molecule has 2 fully saturated rings. The van der Waals surface area contributed by atoms with Crippen LogP contribution in [0.2, 0.25) is 0 Å². The van der Waals surface area contributed by atoms with E-state index in [1.54, 1.807) is 39.5 Å². The molecule has 0 radical (unpaired) electrons. The Morgan fingerprint density at radius 1 is 0.927 bits per heavy atom. The molecule has 1 aromatic carbocycles. The molecule has 0 aromatic heterocycles. The molecule has 1 saturated heterocycles. The minimum Gasteiger partial charge on any atom is -0.444 e. The van der Waals surface area contributed by atoms with Gasteiger partial charge in [0.1, 0.15) is 17.2 Å². The number of piperidine rings is 1. The maximum atomic E-state index is 13.6. The van der Waals surface area contributed by atoms with Gasteiger partial charge in [-0.2, -0.15) is 0 Å². The SMILES string of the molecule is CC(C)(C)OC(=O)NC(C)(C)C(=O)N[C@H](COCc1ccccc1)C(=O)N1CCC(C(=O)NC2CCCCC2)CC1. The summed E-state index contributed by atoms with van der Waals surface area (Å²) in [6, 6.07) is 8.87. The number of nitrogens with zero attached hydrogens (tertiary/aromatic N) is 1. The van der Waals surface area contributed by atoms with Gasteiger partial charge in [0.2, 0.25) is 17.7 Å². The smallest absolute Gasteiger partial charge is 0.408 e. The molecule has 1 aromatic rings. The van der Waals surface area contributed by atoms with Crippen molar-refractivity contribution < 1.29 is 28.7 Å². The molecule has 3 N–H and O–H groups in total. The van der Waals surface area contributed by atoms with E-state index in [0.717, 1.165) is 31.2 Å². The molecule has 10 heteroatoms. The van der Waals surface area contributed by atoms with Crippen LogP contribution in [0.25, 0.3) is 0 Å². The minimum atomic E-state index is -1.34. The number of likely N-dealkylation sites (tertiary alicyclic amines) is 1. The molecule has 0 unspecified atom stereocenters. The first-order chi connectivity index (χ1) is 19.3. The summed E-state index contributed by atoms with van der Waals surface area (Å²) in [4.78, 5) is 53.8. The molecule has 3 rings (SSSR count). The summed E-state index contributed by atoms with van der Waals surface area (Å²) in [5, 5.41) is 8.59. The molecule has 0 bridgehead atoms. The monoisotopic (exact) mass is 572 g/mol. The van der Waals surface area contributed by atoms with Gasteiger partial charge in [-0.25, -0.2) is 4.79 Å². The van der Waals surface area contributed by atoms with Crippen LogP contribution in [0.1, 0.15) is 85.1 Å². The highest BCUT2D eigenvalue weighted by Crippen LogP contribution is 2.22. The third-order valence-corrected chi connectivity index (χ3v) is 7.51. The van der Waals surface area contributed by atoms with Crippen molar-refractivity contribution >= 4 is 23.8 Å². The number of nitrogens with one attached hydrogen (secondary N) is 3. The van der Waals surface area contributed by atoms with Crippen LogP contribution in [-0.4, -0.2) is 71.6 Å². The molecule has 1 aliphatic heterocycles. The largest absolute Gasteiger partial charge is 0.444 e. The number of hydrogen-bond donors (Lipinski definition) is 3. The van der Waals surface area contributed by atoms with E-state index in [2.05, 4.69) is 16.0 Å². The first-order valence-electron chi connectivity index (χ1n) is 14.9. The number of rotatable bonds is 10. The number of amides is 4. The van der Waals surface area contributed by atoms with Crippen LogP contribution in [-0.2, 0) is 30.5 Å². The van der Waals surface area contributed by atoms with Crippen LogP contribution in [0.5, 0.6) is 0 Å². The quantitative estimate of drug-likeness (QED) is 0.393. The van der Waals surface area contributed by atoms with Gasteiger partial charge in [0.05, 0.1) is 13.2 Å². The first kappa shape index (κ1) is 32.4. The summed E-state index contributed by atoms with van der Waals surface area (Å²) >= 11 is 0. The Morgan fingerprint density at radius 3 is 2.17 bits per heavy atom. The lowest BCUT2D eigenvalue weighted by atomic mass is 9.92. The number of benzene rings is 1. The van der Waals surface area contributed by atoms with Crippen LogP contribution in [0, 0.1) is 5.92 Å². The highest BCUT2D eigenvalue weighted by Gasteiger charge is 2.37. The molecule has 0 spiro atoms. The van der Waals surface area contributed by atoms with Gasteiger partial charge in [-0.3, -0.25) is 14.4 Å². The second-order valence-electron chi connectivity index (χ2n) is 12.7. The van der Waals surface area contributed by atoms with E-state index >= 15 is 0 Å². The minimum absolute atomic E-state index is 0.0376. The number of hydrogen-bond acceptors (Lipinski definition) is 6. The Hall–Kier alpha value is -3.14. The van der Waals surface area contributed by atoms with Crippen molar-refractivity contribution in [1.29, 1.82) is 0 Å². The summed E-state index contributed by atoms with van der Waals surface area (Å²) < 4.78 is 11.2. The van der Waals surface area contributed by atoms with Gasteiger partial charge < -0.3 is 30.3 Å². The highest BCUT2D eigenvalue weighted by atomic mass is 16.6. The molecule has 1 atom stereocenters. The molecule has 10 nitrogen and oxygen atoms in total. The zero-order valence-corrected chi connectivity index (χ0v) is 25.3. The van der Waals surface area contributed by atoms with Crippen molar-refractivity contribution in [2.45, 2.75) is 109 Å². The van der Waals surface area contributed by atoms with Gasteiger partial charge in [-0.15, -0.1) is 0 Å². The van der Waals surface area contributed by atoms with E-state index in [1.165, 1.54) is 6.42 Å². The highest BCUT2D eigenvalue weighted by molar-refractivity contribution is 5.93. The van der Waals surface area contributed by atoms with Gasteiger partial charge >= 0.3 is 6.09 Å². The second-order valence-corrected chi connectivity index (χ2v) is 12.7. The predicted octanol–water partition coefficient (Wildman–Crippen LogP) is 3.68. The van der Waals surface area contributed by atoms with Gasteiger partial charge in [0.15, 0.2) is 0 Å². The fraction of sp³-hybridized carbons (Fsp3) is 0.677. The third-order valence-electron chi connectivity index (χ3n) is 7.51. The van der Waals surface area contributed by atoms with E-state index in [-0.39, 0.29) is 37.0 Å². The zero-order valence-electron chi connectivity index (χ0n) is 25.3. The number of carbonyl (C=O) groups excluding carboxylic acids is 4. The number of carbonyl (C=O) groups is 4. The lowest BCUT2D eigenvalue weighted by Gasteiger charge is -2.35. The zero-order chi connectivity index (χ0) is 30.0. The van der Waals surface area contributed by atoms with Crippen molar-refractivity contribution in [2.24, 2.45) is 5.92 Å². The van der Waals surface area contributed by atoms with Crippen LogP contribution >= 0.6 is 0 Å². The maximum Gasteiger partial charge on any atom is 0.408 e. The molecule has 2 aliphatic rings. The van der Waals surface area contributed by atoms with E-state index in [4.69, 9.17) is 9.47 Å². The van der Waals surface area contributed by atoms with Gasteiger partial charge in [0, 0.05) is 25.0 Å². The lowest BCUT2D eigenvalue weighted by molar-refractivity contribution is -0.142. The molecular formula is C31H48N4O6. The molecule has 4 amide bonds. The van der Waals surface area contributed by atoms with E-state index in [0.29, 0.717) is 25.9 Å². The van der Waals surface area contributed by atoms with E-state index in [9.17, 15) is 19.2 Å². The normalized spacial score (nSPS) is 17.8. The standard InChI is InChI=1S/C31H48N4O6/c1-30(2,3)41-29(39)34-31(4,5)28(38)33-25(21-40-20-22-12-8-6-9-13-22)27(37)35-18-16-23(17-19-35)26(36)32-24-14-10-7-11-15-24/h6,8-9,12-13,23-25H,7,10-11,14-21H2,1-5H3,(H,32,36)(H,33,38)(H,34,39)/t25-/m1/s1. The summed E-state index contributed by atoms with van der Waals surface area (Å²) in [6.07, 6.45) is 6.02. The Kier molecular flexibility index (Phi) is 11.6. The summed E-state index contributed by atoms with van der Waals surface area (Å²) in [7, 11) is 0. The second kappa shape index (κ2) is 14.7. The average Bonchev–Trinajstić information content (AvgIpc) is 2.92. The van der Waals surface area contributed by atoms with Crippen molar-refractivity contribution in [3.8, 4) is 0 Å². The van der Waals surface area contributed by atoms with E-state index in [1.807, 2.05) is 30.3 Å². The van der Waals surface area contributed by atoms with Gasteiger partial charge in [0.25, 0.3) is 0 Å². The summed E-state index contributed by atoms with van der Waals surface area (Å²) in [5.41, 5.74) is -1.12. The molecular weight excluding hydrogens is 524 g/mol. The predicted molar refractivity (Wildman–Crippen MR) is 156 cm³/mol. The molecule has 228 valence electrons. The lowest BCUT2D eigenvalue weighted by Crippen LogP contribution is -2.61. The van der Waals surface area contributed by atoms with Crippen LogP contribution in [0.15, 0.2) is 30.3 Å².